The molecule has 2 aromatic rings. The van der Waals surface area contributed by atoms with Gasteiger partial charge in [-0.15, -0.1) is 11.8 Å². The average molecular weight is 401 g/mol. The first-order valence-corrected chi connectivity index (χ1v) is 10.7. The van der Waals surface area contributed by atoms with Crippen LogP contribution >= 0.6 is 11.8 Å². The normalized spacial score (nSPS) is 14.1. The van der Waals surface area contributed by atoms with Crippen molar-refractivity contribution in [3.8, 4) is 11.5 Å². The van der Waals surface area contributed by atoms with Crippen LogP contribution in [0.15, 0.2) is 48.5 Å². The van der Waals surface area contributed by atoms with Gasteiger partial charge in [-0.2, -0.15) is 0 Å². The van der Waals surface area contributed by atoms with Crippen molar-refractivity contribution in [1.82, 2.24) is 4.90 Å². The number of carbonyl (C=O) groups is 1. The predicted octanol–water partition coefficient (Wildman–Crippen LogP) is 3.46. The fraction of sp³-hybridized carbons (Fsp3) is 0.409. The van der Waals surface area contributed by atoms with E-state index in [-0.39, 0.29) is 5.91 Å². The zero-order valence-corrected chi connectivity index (χ0v) is 17.4. The minimum Gasteiger partial charge on any atom is -0.497 e. The number of anilines is 1. The standard InChI is InChI=1S/C22H28N2O3S/c1-18-3-7-21(8-4-18)27-15-16-28-17-22(25)24-13-11-23(12-14-24)19-5-9-20(26-2)10-6-19/h3-10H,11-17H2,1-2H3. The molecule has 5 nitrogen and oxygen atoms in total. The maximum absolute atomic E-state index is 12.4. The van der Waals surface area contributed by atoms with Gasteiger partial charge in [0.25, 0.3) is 0 Å². The number of hydrogen-bond donors (Lipinski definition) is 0. The van der Waals surface area contributed by atoms with Gasteiger partial charge in [0.1, 0.15) is 11.5 Å². The van der Waals surface area contributed by atoms with Crippen molar-refractivity contribution in [2.75, 3.05) is 56.3 Å². The fourth-order valence-corrected chi connectivity index (χ4v) is 3.81. The minimum absolute atomic E-state index is 0.217. The largest absolute Gasteiger partial charge is 0.497 e. The van der Waals surface area contributed by atoms with Gasteiger partial charge in [-0.25, -0.2) is 0 Å². The summed E-state index contributed by atoms with van der Waals surface area (Å²) in [5.41, 5.74) is 2.40. The van der Waals surface area contributed by atoms with E-state index in [1.807, 2.05) is 41.3 Å². The molecule has 28 heavy (non-hydrogen) atoms. The van der Waals surface area contributed by atoms with Gasteiger partial charge in [0, 0.05) is 37.6 Å². The van der Waals surface area contributed by atoms with Crippen molar-refractivity contribution in [1.29, 1.82) is 0 Å². The van der Waals surface area contributed by atoms with Gasteiger partial charge in [0.05, 0.1) is 19.5 Å². The molecule has 1 aliphatic rings. The maximum atomic E-state index is 12.4. The lowest BCUT2D eigenvalue weighted by Crippen LogP contribution is -2.49. The molecule has 1 heterocycles. The van der Waals surface area contributed by atoms with Crippen LogP contribution in [-0.2, 0) is 4.79 Å². The lowest BCUT2D eigenvalue weighted by atomic mass is 10.2. The highest BCUT2D eigenvalue weighted by Crippen LogP contribution is 2.20. The highest BCUT2D eigenvalue weighted by molar-refractivity contribution is 7.99. The summed E-state index contributed by atoms with van der Waals surface area (Å²) in [7, 11) is 1.67. The summed E-state index contributed by atoms with van der Waals surface area (Å²) >= 11 is 1.63. The Morgan fingerprint density at radius 1 is 0.964 bits per heavy atom. The Morgan fingerprint density at radius 2 is 1.61 bits per heavy atom. The van der Waals surface area contributed by atoms with Crippen LogP contribution in [-0.4, -0.2) is 62.2 Å². The van der Waals surface area contributed by atoms with Crippen LogP contribution in [0.1, 0.15) is 5.56 Å². The van der Waals surface area contributed by atoms with Crippen molar-refractivity contribution in [3.63, 3.8) is 0 Å². The van der Waals surface area contributed by atoms with E-state index in [1.165, 1.54) is 11.3 Å². The van der Waals surface area contributed by atoms with Crippen LogP contribution < -0.4 is 14.4 Å². The monoisotopic (exact) mass is 400 g/mol. The summed E-state index contributed by atoms with van der Waals surface area (Å²) in [6.45, 7) is 5.93. The van der Waals surface area contributed by atoms with E-state index >= 15 is 0 Å². The lowest BCUT2D eigenvalue weighted by Gasteiger charge is -2.36. The zero-order chi connectivity index (χ0) is 19.8. The first-order chi connectivity index (χ1) is 13.7. The summed E-state index contributed by atoms with van der Waals surface area (Å²) in [5.74, 6) is 3.29. The van der Waals surface area contributed by atoms with Gasteiger partial charge in [0.15, 0.2) is 0 Å². The van der Waals surface area contributed by atoms with Crippen molar-refractivity contribution in [3.05, 3.63) is 54.1 Å². The van der Waals surface area contributed by atoms with Crippen molar-refractivity contribution < 1.29 is 14.3 Å². The van der Waals surface area contributed by atoms with Crippen LogP contribution in [0.3, 0.4) is 0 Å². The number of ether oxygens (including phenoxy) is 2. The first-order valence-electron chi connectivity index (χ1n) is 9.60. The van der Waals surface area contributed by atoms with E-state index in [0.29, 0.717) is 12.4 Å². The molecule has 150 valence electrons. The second-order valence-corrected chi connectivity index (χ2v) is 7.89. The zero-order valence-electron chi connectivity index (χ0n) is 16.6. The number of carbonyl (C=O) groups excluding carboxylic acids is 1. The summed E-state index contributed by atoms with van der Waals surface area (Å²) < 4.78 is 10.9. The van der Waals surface area contributed by atoms with Gasteiger partial charge >= 0.3 is 0 Å². The Labute approximate surface area is 171 Å². The fourth-order valence-electron chi connectivity index (χ4n) is 3.11. The Morgan fingerprint density at radius 3 is 2.25 bits per heavy atom. The number of nitrogens with zero attached hydrogens (tertiary/aromatic N) is 2. The molecule has 0 atom stereocenters. The number of benzene rings is 2. The predicted molar refractivity (Wildman–Crippen MR) is 116 cm³/mol. The molecule has 1 saturated heterocycles. The van der Waals surface area contributed by atoms with Gasteiger partial charge in [-0.1, -0.05) is 17.7 Å². The van der Waals surface area contributed by atoms with E-state index < -0.39 is 0 Å². The minimum atomic E-state index is 0.217. The third kappa shape index (κ3) is 5.83. The molecular formula is C22H28N2O3S. The molecular weight excluding hydrogens is 372 g/mol. The van der Waals surface area contributed by atoms with Gasteiger partial charge in [0.2, 0.25) is 5.91 Å². The van der Waals surface area contributed by atoms with Crippen LogP contribution in [0.5, 0.6) is 11.5 Å². The van der Waals surface area contributed by atoms with Gasteiger partial charge < -0.3 is 19.3 Å². The van der Waals surface area contributed by atoms with E-state index in [2.05, 4.69) is 24.0 Å². The Bertz CT molecular complexity index is 741. The van der Waals surface area contributed by atoms with E-state index in [1.54, 1.807) is 18.9 Å². The van der Waals surface area contributed by atoms with Crippen molar-refractivity contribution in [2.45, 2.75) is 6.92 Å². The number of thioether (sulfide) groups is 1. The van der Waals surface area contributed by atoms with E-state index in [4.69, 9.17) is 9.47 Å². The van der Waals surface area contributed by atoms with Crippen molar-refractivity contribution >= 4 is 23.4 Å². The van der Waals surface area contributed by atoms with E-state index in [0.717, 1.165) is 43.4 Å². The Kier molecular flexibility index (Phi) is 7.48. The topological polar surface area (TPSA) is 42.0 Å². The molecule has 1 aliphatic heterocycles. The van der Waals surface area contributed by atoms with Crippen LogP contribution in [0.2, 0.25) is 0 Å². The molecule has 0 spiro atoms. The van der Waals surface area contributed by atoms with Crippen LogP contribution in [0, 0.1) is 6.92 Å². The summed E-state index contributed by atoms with van der Waals surface area (Å²) in [5, 5.41) is 0. The molecule has 2 aromatic carbocycles. The third-order valence-corrected chi connectivity index (χ3v) is 5.72. The van der Waals surface area contributed by atoms with Crippen LogP contribution in [0.25, 0.3) is 0 Å². The van der Waals surface area contributed by atoms with E-state index in [9.17, 15) is 4.79 Å². The molecule has 6 heteroatoms. The highest BCUT2D eigenvalue weighted by atomic mass is 32.2. The number of aryl methyl sites for hydroxylation is 1. The second-order valence-electron chi connectivity index (χ2n) is 6.78. The summed E-state index contributed by atoms with van der Waals surface area (Å²) in [6.07, 6.45) is 0. The highest BCUT2D eigenvalue weighted by Gasteiger charge is 2.21. The number of methoxy groups -OCH3 is 1. The second kappa shape index (κ2) is 10.3. The molecule has 1 amide bonds. The molecule has 0 unspecified atom stereocenters. The SMILES string of the molecule is COc1ccc(N2CCN(C(=O)CSCCOc3ccc(C)cc3)CC2)cc1. The molecule has 0 saturated carbocycles. The molecule has 0 radical (unpaired) electrons. The van der Waals surface area contributed by atoms with Crippen molar-refractivity contribution in [2.24, 2.45) is 0 Å². The quantitative estimate of drug-likeness (QED) is 0.635. The third-order valence-electron chi connectivity index (χ3n) is 4.81. The van der Waals surface area contributed by atoms with Crippen LogP contribution in [0.4, 0.5) is 5.69 Å². The molecule has 0 aliphatic carbocycles. The maximum Gasteiger partial charge on any atom is 0.232 e. The lowest BCUT2D eigenvalue weighted by molar-refractivity contribution is -0.128. The molecule has 3 rings (SSSR count). The molecule has 0 N–H and O–H groups in total. The first kappa shape index (κ1) is 20.4. The number of rotatable bonds is 8. The molecule has 0 bridgehead atoms. The molecule has 0 aromatic heterocycles. The molecule has 1 fully saturated rings. The number of piperazine rings is 1. The number of hydrogen-bond acceptors (Lipinski definition) is 5. The average Bonchev–Trinajstić information content (AvgIpc) is 2.75. The van der Waals surface area contributed by atoms with Gasteiger partial charge in [-0.05, 0) is 43.3 Å². The summed E-state index contributed by atoms with van der Waals surface area (Å²) in [4.78, 5) is 16.7. The van der Waals surface area contributed by atoms with Gasteiger partial charge in [-0.3, -0.25) is 4.79 Å². The Balaban J connectivity index is 1.32. The Hall–Kier alpha value is -2.34. The smallest absolute Gasteiger partial charge is 0.232 e. The summed E-state index contributed by atoms with van der Waals surface area (Å²) in [6, 6.07) is 16.1. The number of amides is 1.